The van der Waals surface area contributed by atoms with E-state index >= 15 is 0 Å². The van der Waals surface area contributed by atoms with E-state index in [0.29, 0.717) is 37.3 Å². The number of benzene rings is 1. The summed E-state index contributed by atoms with van der Waals surface area (Å²) in [4.78, 5) is 30.5. The number of ether oxygens (including phenoxy) is 2. The Hall–Kier alpha value is -1.90. The van der Waals surface area contributed by atoms with Crippen LogP contribution in [0.3, 0.4) is 0 Å². The summed E-state index contributed by atoms with van der Waals surface area (Å²) in [6.45, 7) is 7.05. The Morgan fingerprint density at radius 3 is 2.54 bits per heavy atom. The zero-order chi connectivity index (χ0) is 20.5. The molecular formula is C20H25BrN2O5. The van der Waals surface area contributed by atoms with Gasteiger partial charge in [-0.3, -0.25) is 4.79 Å². The molecule has 2 heterocycles. The molecule has 1 N–H and O–H groups in total. The first-order valence-corrected chi connectivity index (χ1v) is 10.1. The van der Waals surface area contributed by atoms with Gasteiger partial charge in [0.15, 0.2) is 5.76 Å². The number of halogens is 1. The maximum Gasteiger partial charge on any atom is 0.513 e. The third-order valence-electron chi connectivity index (χ3n) is 5.30. The largest absolute Gasteiger partial charge is 0.513 e. The van der Waals surface area contributed by atoms with Crippen LogP contribution in [0.15, 0.2) is 22.4 Å². The van der Waals surface area contributed by atoms with Crippen molar-refractivity contribution < 1.29 is 23.9 Å². The number of nitrogens with one attached hydrogen (secondary N) is 1. The van der Waals surface area contributed by atoms with Gasteiger partial charge in [0.2, 0.25) is 0 Å². The predicted molar refractivity (Wildman–Crippen MR) is 107 cm³/mol. The number of rotatable bonds is 4. The summed E-state index contributed by atoms with van der Waals surface area (Å²) in [7, 11) is 1.62. The number of amides is 1. The van der Waals surface area contributed by atoms with Crippen molar-refractivity contribution in [1.82, 2.24) is 10.4 Å². The highest BCUT2D eigenvalue weighted by atomic mass is 79.9. The molecule has 28 heavy (non-hydrogen) atoms. The Kier molecular flexibility index (Phi) is 6.12. The van der Waals surface area contributed by atoms with E-state index in [1.807, 2.05) is 31.0 Å². The van der Waals surface area contributed by atoms with Crippen LogP contribution < -0.4 is 5.32 Å². The highest BCUT2D eigenvalue weighted by Gasteiger charge is 2.50. The molecule has 1 aromatic rings. The van der Waals surface area contributed by atoms with Crippen LogP contribution in [0, 0.1) is 13.8 Å². The third-order valence-corrected chi connectivity index (χ3v) is 6.15. The van der Waals surface area contributed by atoms with Crippen molar-refractivity contribution in [2.75, 3.05) is 26.8 Å². The van der Waals surface area contributed by atoms with Crippen molar-refractivity contribution in [3.05, 3.63) is 39.1 Å². The van der Waals surface area contributed by atoms with Crippen molar-refractivity contribution in [3.63, 3.8) is 0 Å². The van der Waals surface area contributed by atoms with Gasteiger partial charge in [-0.2, -0.15) is 5.06 Å². The van der Waals surface area contributed by atoms with Gasteiger partial charge >= 0.3 is 6.16 Å². The summed E-state index contributed by atoms with van der Waals surface area (Å²) in [6, 6.07) is 3.90. The monoisotopic (exact) mass is 452 g/mol. The summed E-state index contributed by atoms with van der Waals surface area (Å²) in [6.07, 6.45) is 0.331. The molecule has 1 aromatic carbocycles. The van der Waals surface area contributed by atoms with Crippen molar-refractivity contribution in [2.24, 2.45) is 0 Å². The van der Waals surface area contributed by atoms with Crippen LogP contribution in [0.4, 0.5) is 4.79 Å². The number of piperidine rings is 1. The Balaban J connectivity index is 2.10. The van der Waals surface area contributed by atoms with Crippen molar-refractivity contribution in [3.8, 4) is 0 Å². The number of carbonyl (C=O) groups is 2. The van der Waals surface area contributed by atoms with E-state index in [9.17, 15) is 9.59 Å². The normalized spacial score (nSPS) is 19.1. The fourth-order valence-corrected chi connectivity index (χ4v) is 4.14. The number of nitrogens with zero attached hydrogens (tertiary/aromatic N) is 1. The number of aryl methyl sites for hydroxylation is 2. The SMILES string of the molecule is CCOC(=O)OC1=C(c2cc(Br)c(C)cc2C)C(=O)NC12CCN(OC)CC2. The van der Waals surface area contributed by atoms with E-state index < -0.39 is 11.7 Å². The first-order valence-electron chi connectivity index (χ1n) is 9.29. The average Bonchev–Trinajstić information content (AvgIpc) is 2.90. The zero-order valence-electron chi connectivity index (χ0n) is 16.6. The molecule has 7 nitrogen and oxygen atoms in total. The van der Waals surface area contributed by atoms with Crippen molar-refractivity contribution in [1.29, 1.82) is 0 Å². The van der Waals surface area contributed by atoms with E-state index in [1.54, 1.807) is 14.0 Å². The van der Waals surface area contributed by atoms with E-state index in [1.165, 1.54) is 0 Å². The maximum absolute atomic E-state index is 13.0. The fourth-order valence-electron chi connectivity index (χ4n) is 3.80. The molecule has 1 fully saturated rings. The van der Waals surface area contributed by atoms with Crippen LogP contribution in [0.2, 0.25) is 0 Å². The number of hydrogen-bond acceptors (Lipinski definition) is 6. The van der Waals surface area contributed by atoms with E-state index in [0.717, 1.165) is 21.2 Å². The molecule has 1 spiro atoms. The second-order valence-corrected chi connectivity index (χ2v) is 7.91. The Labute approximate surface area is 173 Å². The van der Waals surface area contributed by atoms with Gasteiger partial charge in [-0.1, -0.05) is 22.0 Å². The molecular weight excluding hydrogens is 428 g/mol. The van der Waals surface area contributed by atoms with Crippen LogP contribution in [-0.2, 0) is 19.1 Å². The van der Waals surface area contributed by atoms with Gasteiger partial charge in [-0.05, 0) is 56.4 Å². The van der Waals surface area contributed by atoms with Crippen LogP contribution in [0.1, 0.15) is 36.5 Å². The molecule has 3 rings (SSSR count). The first kappa shape index (κ1) is 20.8. The van der Waals surface area contributed by atoms with Gasteiger partial charge in [0.25, 0.3) is 5.91 Å². The fraction of sp³-hybridized carbons (Fsp3) is 0.500. The predicted octanol–water partition coefficient (Wildman–Crippen LogP) is 3.48. The van der Waals surface area contributed by atoms with Crippen LogP contribution in [0.25, 0.3) is 5.57 Å². The van der Waals surface area contributed by atoms with E-state index in [4.69, 9.17) is 14.3 Å². The highest BCUT2D eigenvalue weighted by molar-refractivity contribution is 9.10. The molecule has 8 heteroatoms. The summed E-state index contributed by atoms with van der Waals surface area (Å²) < 4.78 is 11.5. The van der Waals surface area contributed by atoms with Gasteiger partial charge < -0.3 is 19.6 Å². The lowest BCUT2D eigenvalue weighted by Gasteiger charge is -2.38. The van der Waals surface area contributed by atoms with Gasteiger partial charge in [0.1, 0.15) is 5.54 Å². The summed E-state index contributed by atoms with van der Waals surface area (Å²) in [5.74, 6) is 0.0922. The summed E-state index contributed by atoms with van der Waals surface area (Å²) in [5, 5.41) is 4.90. The smallest absolute Gasteiger partial charge is 0.434 e. The lowest BCUT2D eigenvalue weighted by atomic mass is 9.85. The van der Waals surface area contributed by atoms with Crippen LogP contribution in [0.5, 0.6) is 0 Å². The zero-order valence-corrected chi connectivity index (χ0v) is 18.1. The van der Waals surface area contributed by atoms with Gasteiger partial charge in [-0.15, -0.1) is 0 Å². The van der Waals surface area contributed by atoms with Crippen molar-refractivity contribution >= 4 is 33.6 Å². The summed E-state index contributed by atoms with van der Waals surface area (Å²) in [5.41, 5.74) is 2.37. The third kappa shape index (κ3) is 3.81. The number of hydroxylamine groups is 2. The Bertz CT molecular complexity index is 828. The first-order chi connectivity index (χ1) is 13.3. The second-order valence-electron chi connectivity index (χ2n) is 7.05. The average molecular weight is 453 g/mol. The molecule has 2 aliphatic heterocycles. The molecule has 2 aliphatic rings. The highest BCUT2D eigenvalue weighted by Crippen LogP contribution is 2.42. The molecule has 0 atom stereocenters. The molecule has 1 amide bonds. The van der Waals surface area contributed by atoms with Crippen molar-refractivity contribution in [2.45, 2.75) is 39.2 Å². The topological polar surface area (TPSA) is 77.1 Å². The molecule has 0 aromatic heterocycles. The quantitative estimate of drug-likeness (QED) is 0.704. The maximum atomic E-state index is 13.0. The number of hydrogen-bond donors (Lipinski definition) is 1. The summed E-state index contributed by atoms with van der Waals surface area (Å²) >= 11 is 3.54. The molecule has 0 bridgehead atoms. The lowest BCUT2D eigenvalue weighted by Crippen LogP contribution is -2.53. The Morgan fingerprint density at radius 1 is 1.25 bits per heavy atom. The molecule has 1 saturated heterocycles. The standard InChI is InChI=1S/C20H25BrN2O5/c1-5-27-19(25)28-17-16(14-11-15(21)13(3)10-12(14)2)18(24)22-20(17)6-8-23(26-4)9-7-20/h10-11H,5-9H2,1-4H3,(H,22,24). The molecule has 0 saturated carbocycles. The van der Waals surface area contributed by atoms with Gasteiger partial charge in [0, 0.05) is 17.6 Å². The van der Waals surface area contributed by atoms with E-state index in [2.05, 4.69) is 21.2 Å². The van der Waals surface area contributed by atoms with Gasteiger partial charge in [0.05, 0.1) is 19.3 Å². The molecule has 0 unspecified atom stereocenters. The second kappa shape index (κ2) is 8.23. The molecule has 0 radical (unpaired) electrons. The minimum atomic E-state index is -0.802. The number of carbonyl (C=O) groups excluding carboxylic acids is 2. The lowest BCUT2D eigenvalue weighted by molar-refractivity contribution is -0.152. The molecule has 152 valence electrons. The molecule has 0 aliphatic carbocycles. The van der Waals surface area contributed by atoms with Gasteiger partial charge in [-0.25, -0.2) is 4.79 Å². The van der Waals surface area contributed by atoms with Crippen LogP contribution >= 0.6 is 15.9 Å². The minimum absolute atomic E-state index is 0.197. The minimum Gasteiger partial charge on any atom is -0.434 e. The Morgan fingerprint density at radius 2 is 1.93 bits per heavy atom. The van der Waals surface area contributed by atoms with Crippen LogP contribution in [-0.4, -0.2) is 49.5 Å². The van der Waals surface area contributed by atoms with E-state index in [-0.39, 0.29) is 12.5 Å².